The van der Waals surface area contributed by atoms with Crippen molar-refractivity contribution in [1.82, 2.24) is 0 Å². The van der Waals surface area contributed by atoms with Gasteiger partial charge in [0.05, 0.1) is 36.8 Å². The number of primary amides is 1. The summed E-state index contributed by atoms with van der Waals surface area (Å²) in [6.07, 6.45) is 0. The quantitative estimate of drug-likeness (QED) is 0.232. The highest BCUT2D eigenvalue weighted by molar-refractivity contribution is 5.99. The number of phenols is 1. The van der Waals surface area contributed by atoms with Gasteiger partial charge in [-0.1, -0.05) is 0 Å². The molecule has 0 unspecified atom stereocenters. The minimum absolute atomic E-state index is 0.0249. The van der Waals surface area contributed by atoms with Crippen molar-refractivity contribution in [2.45, 2.75) is 0 Å². The number of nitrogens with two attached hydrogens (primary N) is 3. The summed E-state index contributed by atoms with van der Waals surface area (Å²) in [6, 6.07) is 6.37. The first-order valence-corrected chi connectivity index (χ1v) is 7.80. The van der Waals surface area contributed by atoms with Gasteiger partial charge in [0.2, 0.25) is 0 Å². The highest BCUT2D eigenvalue weighted by Crippen LogP contribution is 2.37. The first-order valence-electron chi connectivity index (χ1n) is 7.80. The third-order valence-electron chi connectivity index (χ3n) is 3.80. The fourth-order valence-electron chi connectivity index (χ4n) is 2.52. The van der Waals surface area contributed by atoms with Crippen LogP contribution in [0.3, 0.4) is 0 Å². The highest BCUT2D eigenvalue weighted by atomic mass is 16.5. The van der Waals surface area contributed by atoms with E-state index in [1.165, 1.54) is 20.3 Å². The minimum Gasteiger partial charge on any atom is -0.504 e. The summed E-state index contributed by atoms with van der Waals surface area (Å²) >= 11 is 0. The number of nitrogens with one attached hydrogen (secondary N) is 2. The van der Waals surface area contributed by atoms with E-state index in [1.54, 1.807) is 18.2 Å². The number of ether oxygens (including phenoxy) is 2. The van der Waals surface area contributed by atoms with Gasteiger partial charge in [-0.05, 0) is 24.3 Å². The van der Waals surface area contributed by atoms with Crippen LogP contribution < -0.4 is 37.3 Å². The zero-order chi connectivity index (χ0) is 19.3. The third kappa shape index (κ3) is 3.77. The standard InChI is InChI=1S/C17H23N5O4/c1-25-15-9(17(20)24)3-4-10(13(15)18)21-7-8-22-11-5-6-12(23)16(26-2)14(11)19/h3-6,21-23H,7-8,18-19H2,1-2H3,(H2,20,24). The van der Waals surface area contributed by atoms with Crippen molar-refractivity contribution in [3.05, 3.63) is 29.8 Å². The minimum atomic E-state index is -0.612. The summed E-state index contributed by atoms with van der Waals surface area (Å²) in [5.74, 6) is -0.177. The molecule has 9 heteroatoms. The molecule has 9 N–H and O–H groups in total. The molecule has 0 saturated carbocycles. The van der Waals surface area contributed by atoms with Crippen LogP contribution in [-0.4, -0.2) is 38.3 Å². The third-order valence-corrected chi connectivity index (χ3v) is 3.80. The Balaban J connectivity index is 2.02. The van der Waals surface area contributed by atoms with Gasteiger partial charge < -0.3 is 42.4 Å². The maximum atomic E-state index is 11.4. The molecule has 9 nitrogen and oxygen atoms in total. The number of anilines is 4. The van der Waals surface area contributed by atoms with Crippen LogP contribution in [-0.2, 0) is 0 Å². The average Bonchev–Trinajstić information content (AvgIpc) is 2.61. The van der Waals surface area contributed by atoms with Crippen LogP contribution in [0.2, 0.25) is 0 Å². The lowest BCUT2D eigenvalue weighted by molar-refractivity contribution is 0.0997. The smallest absolute Gasteiger partial charge is 0.252 e. The van der Waals surface area contributed by atoms with Gasteiger partial charge in [-0.25, -0.2) is 0 Å². The molecule has 1 amide bonds. The topological polar surface area (TPSA) is 158 Å². The van der Waals surface area contributed by atoms with Gasteiger partial charge in [-0.2, -0.15) is 0 Å². The molecule has 0 atom stereocenters. The van der Waals surface area contributed by atoms with E-state index < -0.39 is 5.91 Å². The SMILES string of the molecule is COc1c(O)ccc(NCCNc2ccc(C(N)=O)c(OC)c2N)c1N. The fourth-order valence-corrected chi connectivity index (χ4v) is 2.52. The molecule has 0 heterocycles. The van der Waals surface area contributed by atoms with Gasteiger partial charge in [-0.15, -0.1) is 0 Å². The molecule has 0 fully saturated rings. The van der Waals surface area contributed by atoms with Gasteiger partial charge in [-0.3, -0.25) is 4.79 Å². The van der Waals surface area contributed by atoms with Gasteiger partial charge in [0.1, 0.15) is 5.69 Å². The van der Waals surface area contributed by atoms with Gasteiger partial charge >= 0.3 is 0 Å². The van der Waals surface area contributed by atoms with E-state index in [-0.39, 0.29) is 22.8 Å². The number of benzene rings is 2. The Morgan fingerprint density at radius 3 is 1.96 bits per heavy atom. The van der Waals surface area contributed by atoms with Crippen molar-refractivity contribution in [3.63, 3.8) is 0 Å². The number of amides is 1. The number of aromatic hydroxyl groups is 1. The van der Waals surface area contributed by atoms with Crippen LogP contribution in [0, 0.1) is 0 Å². The molecule has 2 aromatic rings. The van der Waals surface area contributed by atoms with Crippen molar-refractivity contribution < 1.29 is 19.4 Å². The Bertz CT molecular complexity index is 810. The molecule has 0 aliphatic heterocycles. The predicted octanol–water partition coefficient (Wildman–Crippen LogP) is 1.20. The van der Waals surface area contributed by atoms with E-state index in [1.807, 2.05) is 0 Å². The van der Waals surface area contributed by atoms with Crippen LogP contribution in [0.1, 0.15) is 10.4 Å². The molecule has 0 bridgehead atoms. The van der Waals surface area contributed by atoms with Crippen molar-refractivity contribution in [2.24, 2.45) is 5.73 Å². The molecule has 0 aromatic heterocycles. The maximum Gasteiger partial charge on any atom is 0.252 e. The number of phenolic OH excluding ortho intramolecular Hbond substituents is 1. The monoisotopic (exact) mass is 361 g/mol. The molecule has 2 aromatic carbocycles. The molecular formula is C17H23N5O4. The van der Waals surface area contributed by atoms with Gasteiger partial charge in [0.25, 0.3) is 5.91 Å². The molecule has 0 spiro atoms. The molecule has 26 heavy (non-hydrogen) atoms. The lowest BCUT2D eigenvalue weighted by atomic mass is 10.1. The van der Waals surface area contributed by atoms with Crippen LogP contribution in [0.25, 0.3) is 0 Å². The number of hydrogen-bond acceptors (Lipinski definition) is 8. The maximum absolute atomic E-state index is 11.4. The Hall–Kier alpha value is -3.49. The summed E-state index contributed by atoms with van der Waals surface area (Å²) in [5, 5.41) is 16.0. The number of rotatable bonds is 8. The van der Waals surface area contributed by atoms with Gasteiger partial charge in [0, 0.05) is 13.1 Å². The Morgan fingerprint density at radius 2 is 1.46 bits per heavy atom. The normalized spacial score (nSPS) is 10.2. The second-order valence-corrected chi connectivity index (χ2v) is 5.40. The predicted molar refractivity (Wildman–Crippen MR) is 102 cm³/mol. The summed E-state index contributed by atoms with van der Waals surface area (Å²) < 4.78 is 10.2. The van der Waals surface area contributed by atoms with E-state index >= 15 is 0 Å². The van der Waals surface area contributed by atoms with Crippen LogP contribution >= 0.6 is 0 Å². The van der Waals surface area contributed by atoms with E-state index in [9.17, 15) is 9.90 Å². The van der Waals surface area contributed by atoms with E-state index in [2.05, 4.69) is 10.6 Å². The Kier molecular flexibility index (Phi) is 5.84. The van der Waals surface area contributed by atoms with E-state index in [0.717, 1.165) is 0 Å². The van der Waals surface area contributed by atoms with Crippen molar-refractivity contribution >= 4 is 28.7 Å². The number of nitrogen functional groups attached to an aromatic ring is 2. The number of methoxy groups -OCH3 is 2. The first-order chi connectivity index (χ1) is 12.4. The summed E-state index contributed by atoms with van der Waals surface area (Å²) in [7, 11) is 2.85. The highest BCUT2D eigenvalue weighted by Gasteiger charge is 2.15. The lowest BCUT2D eigenvalue weighted by Crippen LogP contribution is -2.17. The first kappa shape index (κ1) is 18.8. The largest absolute Gasteiger partial charge is 0.504 e. The van der Waals surface area contributed by atoms with Gasteiger partial charge in [0.15, 0.2) is 17.2 Å². The van der Waals surface area contributed by atoms with Crippen molar-refractivity contribution in [3.8, 4) is 17.2 Å². The van der Waals surface area contributed by atoms with Crippen LogP contribution in [0.15, 0.2) is 24.3 Å². The van der Waals surface area contributed by atoms with Crippen LogP contribution in [0.4, 0.5) is 22.7 Å². The number of hydrogen-bond donors (Lipinski definition) is 6. The number of carbonyl (C=O) groups is 1. The zero-order valence-electron chi connectivity index (χ0n) is 14.6. The fraction of sp³-hybridized carbons (Fsp3) is 0.235. The molecular weight excluding hydrogens is 338 g/mol. The van der Waals surface area contributed by atoms with Crippen molar-refractivity contribution in [2.75, 3.05) is 49.4 Å². The molecule has 0 aliphatic carbocycles. The molecule has 0 radical (unpaired) electrons. The average molecular weight is 361 g/mol. The zero-order valence-corrected chi connectivity index (χ0v) is 14.6. The van der Waals surface area contributed by atoms with E-state index in [0.29, 0.717) is 35.8 Å². The summed E-state index contributed by atoms with van der Waals surface area (Å²) in [6.45, 7) is 1.02. The molecule has 0 aliphatic rings. The second kappa shape index (κ2) is 8.06. The lowest BCUT2D eigenvalue weighted by Gasteiger charge is -2.16. The van der Waals surface area contributed by atoms with E-state index in [4.69, 9.17) is 26.7 Å². The molecule has 2 rings (SSSR count). The molecule has 140 valence electrons. The van der Waals surface area contributed by atoms with Crippen molar-refractivity contribution in [1.29, 1.82) is 0 Å². The number of carbonyl (C=O) groups excluding carboxylic acids is 1. The second-order valence-electron chi connectivity index (χ2n) is 5.40. The Labute approximate surface area is 151 Å². The summed E-state index contributed by atoms with van der Waals surface area (Å²) in [5.41, 5.74) is 19.4. The van der Waals surface area contributed by atoms with Crippen LogP contribution in [0.5, 0.6) is 17.2 Å². The summed E-state index contributed by atoms with van der Waals surface area (Å²) in [4.78, 5) is 11.4. The Morgan fingerprint density at radius 1 is 0.962 bits per heavy atom. The molecule has 0 saturated heterocycles.